The van der Waals surface area contributed by atoms with Crippen LogP contribution in [0, 0.1) is 6.92 Å². The number of H-pyrrole nitrogens is 1. The van der Waals surface area contributed by atoms with Crippen LogP contribution >= 0.6 is 11.6 Å². The number of benzene rings is 3. The molecule has 0 spiro atoms. The molecule has 1 aliphatic heterocycles. The van der Waals surface area contributed by atoms with Crippen LogP contribution in [0.1, 0.15) is 41.3 Å². The summed E-state index contributed by atoms with van der Waals surface area (Å²) in [6, 6.07) is 20.8. The van der Waals surface area contributed by atoms with Crippen molar-refractivity contribution in [2.24, 2.45) is 0 Å². The second kappa shape index (κ2) is 11.7. The number of halogens is 1. The molecule has 0 bridgehead atoms. The van der Waals surface area contributed by atoms with E-state index < -0.39 is 6.09 Å². The predicted molar refractivity (Wildman–Crippen MR) is 145 cm³/mol. The highest BCUT2D eigenvalue weighted by Gasteiger charge is 2.35. The zero-order valence-electron chi connectivity index (χ0n) is 20.7. The molecule has 1 atom stereocenters. The Hall–Kier alpha value is -3.52. The van der Waals surface area contributed by atoms with Gasteiger partial charge in [0.25, 0.3) is 0 Å². The first-order valence-electron chi connectivity index (χ1n) is 12.2. The minimum Gasteiger partial charge on any atom is -0.494 e. The van der Waals surface area contributed by atoms with Crippen molar-refractivity contribution in [1.82, 2.24) is 9.88 Å². The molecule has 3 aromatic carbocycles. The van der Waals surface area contributed by atoms with Gasteiger partial charge in [0.15, 0.2) is 0 Å². The Balaban J connectivity index is 0.00000320. The molecular weight excluding hydrogens is 492 g/mol. The summed E-state index contributed by atoms with van der Waals surface area (Å²) < 4.78 is 11.6. The smallest absolute Gasteiger partial charge is 0.416 e. The summed E-state index contributed by atoms with van der Waals surface area (Å²) in [7, 11) is 0. The summed E-state index contributed by atoms with van der Waals surface area (Å²) >= 11 is 6.30. The van der Waals surface area contributed by atoms with Gasteiger partial charge in [-0.25, -0.2) is 4.79 Å². The first-order valence-corrected chi connectivity index (χ1v) is 12.6. The van der Waals surface area contributed by atoms with Gasteiger partial charge in [0.05, 0.1) is 6.61 Å². The minimum atomic E-state index is -0.393. The third kappa shape index (κ3) is 5.74. The molecule has 1 amide bonds. The van der Waals surface area contributed by atoms with Crippen LogP contribution in [0.5, 0.6) is 11.5 Å². The number of ether oxygens (including phenoxy) is 2. The van der Waals surface area contributed by atoms with Crippen molar-refractivity contribution in [2.45, 2.75) is 32.2 Å². The molecule has 1 aromatic heterocycles. The second-order valence-corrected chi connectivity index (χ2v) is 9.52. The number of unbranched alkanes of at least 4 members (excludes halogenated alkanes) is 1. The van der Waals surface area contributed by atoms with Gasteiger partial charge >= 0.3 is 6.09 Å². The SMILES string of the molecule is Cc1ccc(OC(=O)N2CCc3c([nH]c4ccc(Cl)cc34)[C@@H]2c2ccc(OCCCCO)cc2)cc1.O. The van der Waals surface area contributed by atoms with Crippen LogP contribution in [0.2, 0.25) is 5.02 Å². The van der Waals surface area contributed by atoms with Crippen LogP contribution < -0.4 is 9.47 Å². The topological polar surface area (TPSA) is 106 Å². The van der Waals surface area contributed by atoms with Crippen molar-refractivity contribution in [1.29, 1.82) is 0 Å². The van der Waals surface area contributed by atoms with E-state index in [4.69, 9.17) is 26.2 Å². The number of fused-ring (bicyclic) bond motifs is 3. The monoisotopic (exact) mass is 522 g/mol. The fraction of sp³-hybridized carbons (Fsp3) is 0.276. The minimum absolute atomic E-state index is 0. The van der Waals surface area contributed by atoms with Gasteiger partial charge in [-0.2, -0.15) is 0 Å². The van der Waals surface area contributed by atoms with Crippen molar-refractivity contribution in [3.05, 3.63) is 94.1 Å². The van der Waals surface area contributed by atoms with Crippen molar-refractivity contribution >= 4 is 28.6 Å². The van der Waals surface area contributed by atoms with Crippen LogP contribution in [0.25, 0.3) is 10.9 Å². The number of nitrogens with one attached hydrogen (secondary N) is 1. The lowest BCUT2D eigenvalue weighted by Crippen LogP contribution is -2.42. The summed E-state index contributed by atoms with van der Waals surface area (Å²) in [4.78, 5) is 18.7. The summed E-state index contributed by atoms with van der Waals surface area (Å²) in [5, 5.41) is 10.7. The van der Waals surface area contributed by atoms with E-state index in [0.717, 1.165) is 39.9 Å². The quantitative estimate of drug-likeness (QED) is 0.308. The van der Waals surface area contributed by atoms with E-state index in [1.54, 1.807) is 4.90 Å². The maximum Gasteiger partial charge on any atom is 0.416 e. The number of carbonyl (C=O) groups is 1. The molecule has 0 saturated heterocycles. The van der Waals surface area contributed by atoms with Gasteiger partial charge in [0.1, 0.15) is 17.5 Å². The maximum absolute atomic E-state index is 13.4. The van der Waals surface area contributed by atoms with E-state index in [2.05, 4.69) is 4.98 Å². The molecule has 1 aliphatic rings. The standard InChI is InChI=1S/C29H29ClN2O4.H2O/c1-19-4-9-23(10-5-19)36-29(34)32-15-14-24-25-18-21(30)8-13-26(25)31-27(24)28(32)20-6-11-22(12-7-20)35-17-3-2-16-33;/h4-13,18,28,31,33H,2-3,14-17H2,1H3;1H2/t28-;/m0./s1. The molecule has 0 fully saturated rings. The van der Waals surface area contributed by atoms with Crippen LogP contribution in [-0.2, 0) is 6.42 Å². The molecule has 5 rings (SSSR count). The molecule has 0 unspecified atom stereocenters. The maximum atomic E-state index is 13.4. The van der Waals surface area contributed by atoms with Gasteiger partial charge in [-0.05, 0) is 79.8 Å². The number of rotatable bonds is 7. The van der Waals surface area contributed by atoms with Crippen LogP contribution in [0.15, 0.2) is 66.7 Å². The average molecular weight is 523 g/mol. The Kier molecular flexibility index (Phi) is 8.38. The van der Waals surface area contributed by atoms with Crippen LogP contribution in [0.3, 0.4) is 0 Å². The first-order chi connectivity index (χ1) is 17.5. The van der Waals surface area contributed by atoms with Crippen LogP contribution in [-0.4, -0.2) is 46.3 Å². The normalized spacial score (nSPS) is 14.7. The number of amides is 1. The highest BCUT2D eigenvalue weighted by molar-refractivity contribution is 6.31. The molecule has 37 heavy (non-hydrogen) atoms. The van der Waals surface area contributed by atoms with E-state index in [-0.39, 0.29) is 18.1 Å². The molecule has 0 radical (unpaired) electrons. The Morgan fingerprint density at radius 1 is 1.05 bits per heavy atom. The molecular formula is C29H31ClN2O5. The predicted octanol–water partition coefficient (Wildman–Crippen LogP) is 5.60. The van der Waals surface area contributed by atoms with Gasteiger partial charge in [0.2, 0.25) is 0 Å². The lowest BCUT2D eigenvalue weighted by atomic mass is 9.92. The highest BCUT2D eigenvalue weighted by atomic mass is 35.5. The molecule has 4 N–H and O–H groups in total. The van der Waals surface area contributed by atoms with E-state index in [0.29, 0.717) is 36.8 Å². The van der Waals surface area contributed by atoms with Crippen molar-refractivity contribution < 1.29 is 24.9 Å². The summed E-state index contributed by atoms with van der Waals surface area (Å²) in [6.07, 6.45) is 1.81. The Morgan fingerprint density at radius 2 is 1.78 bits per heavy atom. The summed E-state index contributed by atoms with van der Waals surface area (Å²) in [5.74, 6) is 1.27. The van der Waals surface area contributed by atoms with Crippen LogP contribution in [0.4, 0.5) is 4.79 Å². The molecule has 4 aromatic rings. The number of hydrogen-bond acceptors (Lipinski definition) is 4. The largest absolute Gasteiger partial charge is 0.494 e. The highest BCUT2D eigenvalue weighted by Crippen LogP contribution is 2.40. The third-order valence-corrected chi connectivity index (χ3v) is 6.80. The lowest BCUT2D eigenvalue weighted by Gasteiger charge is -2.35. The number of carbonyl (C=O) groups excluding carboxylic acids is 1. The van der Waals surface area contributed by atoms with E-state index in [1.807, 2.05) is 73.7 Å². The average Bonchev–Trinajstić information content (AvgIpc) is 3.25. The van der Waals surface area contributed by atoms with Gasteiger partial charge in [-0.1, -0.05) is 41.4 Å². The van der Waals surface area contributed by atoms with E-state index in [9.17, 15) is 4.79 Å². The lowest BCUT2D eigenvalue weighted by molar-refractivity contribution is 0.135. The van der Waals surface area contributed by atoms with E-state index in [1.165, 1.54) is 5.56 Å². The number of nitrogens with zero attached hydrogens (tertiary/aromatic N) is 1. The zero-order chi connectivity index (χ0) is 25.1. The molecule has 2 heterocycles. The second-order valence-electron chi connectivity index (χ2n) is 9.08. The Morgan fingerprint density at radius 3 is 2.51 bits per heavy atom. The molecule has 0 saturated carbocycles. The number of hydrogen-bond donors (Lipinski definition) is 2. The molecule has 0 aliphatic carbocycles. The molecule has 7 nitrogen and oxygen atoms in total. The van der Waals surface area contributed by atoms with Crippen molar-refractivity contribution in [3.8, 4) is 11.5 Å². The van der Waals surface area contributed by atoms with Gasteiger partial charge in [-0.3, -0.25) is 4.90 Å². The fourth-order valence-electron chi connectivity index (χ4n) is 4.72. The number of aliphatic hydroxyl groups is 1. The van der Waals surface area contributed by atoms with Gasteiger partial charge in [-0.15, -0.1) is 0 Å². The molecule has 194 valence electrons. The Labute approximate surface area is 220 Å². The number of aliphatic hydroxyl groups excluding tert-OH is 1. The summed E-state index contributed by atoms with van der Waals surface area (Å²) in [6.45, 7) is 3.22. The van der Waals surface area contributed by atoms with Gasteiger partial charge in [0, 0.05) is 34.8 Å². The summed E-state index contributed by atoms with van der Waals surface area (Å²) in [5.41, 5.74) is 5.19. The number of aryl methyl sites for hydroxylation is 1. The zero-order valence-corrected chi connectivity index (χ0v) is 21.4. The molecule has 8 heteroatoms. The number of aromatic nitrogens is 1. The van der Waals surface area contributed by atoms with E-state index >= 15 is 0 Å². The number of aromatic amines is 1. The fourth-order valence-corrected chi connectivity index (χ4v) is 4.89. The first kappa shape index (κ1) is 26.5. The van der Waals surface area contributed by atoms with Crippen molar-refractivity contribution in [2.75, 3.05) is 19.8 Å². The third-order valence-electron chi connectivity index (χ3n) is 6.57. The Bertz CT molecular complexity index is 1350. The van der Waals surface area contributed by atoms with Gasteiger partial charge < -0.3 is 25.0 Å². The van der Waals surface area contributed by atoms with Crippen molar-refractivity contribution in [3.63, 3.8) is 0 Å².